The van der Waals surface area contributed by atoms with Crippen molar-refractivity contribution in [2.75, 3.05) is 10.8 Å². The highest BCUT2D eigenvalue weighted by molar-refractivity contribution is 7.85. The highest BCUT2D eigenvalue weighted by Gasteiger charge is 2.51. The quantitative estimate of drug-likeness (QED) is 0.805. The van der Waals surface area contributed by atoms with Crippen molar-refractivity contribution >= 4 is 35.3 Å². The van der Waals surface area contributed by atoms with Crippen LogP contribution in [0, 0.1) is 0 Å². The molecule has 1 amide bonds. The Morgan fingerprint density at radius 1 is 1.14 bits per heavy atom. The van der Waals surface area contributed by atoms with Gasteiger partial charge in [0, 0.05) is 0 Å². The van der Waals surface area contributed by atoms with Crippen LogP contribution in [0.4, 0.5) is 5.69 Å². The smallest absolute Gasteiger partial charge is 0.399 e. The summed E-state index contributed by atoms with van der Waals surface area (Å²) >= 11 is -1.50. The summed E-state index contributed by atoms with van der Waals surface area (Å²) in [5, 5.41) is 0. The van der Waals surface area contributed by atoms with Gasteiger partial charge in [0.25, 0.3) is 5.91 Å². The fourth-order valence-corrected chi connectivity index (χ4v) is 3.25. The van der Waals surface area contributed by atoms with Gasteiger partial charge in [0.15, 0.2) is 0 Å². The van der Waals surface area contributed by atoms with E-state index in [2.05, 4.69) is 4.72 Å². The zero-order valence-corrected chi connectivity index (χ0v) is 13.9. The standard InChI is InChI=1S/C14H19BN2O4S/c1-13(2)14(3,4)21-15(20-13)10-5-7-11(8-6-10)17-9-12(18)16-22(17)19/h5-8H,9H2,1-4H3,(H,16,18). The number of amides is 1. The van der Waals surface area contributed by atoms with E-state index in [1.165, 1.54) is 4.31 Å². The minimum absolute atomic E-state index is 0.0997. The van der Waals surface area contributed by atoms with E-state index in [4.69, 9.17) is 9.31 Å². The predicted molar refractivity (Wildman–Crippen MR) is 85.8 cm³/mol. The summed E-state index contributed by atoms with van der Waals surface area (Å²) in [6.45, 7) is 8.12. The average molecular weight is 322 g/mol. The van der Waals surface area contributed by atoms with Crippen LogP contribution < -0.4 is 14.5 Å². The van der Waals surface area contributed by atoms with E-state index in [9.17, 15) is 9.00 Å². The highest BCUT2D eigenvalue weighted by atomic mass is 32.2. The number of anilines is 1. The van der Waals surface area contributed by atoms with Crippen LogP contribution in [-0.4, -0.2) is 35.0 Å². The van der Waals surface area contributed by atoms with E-state index in [1.807, 2.05) is 52.0 Å². The van der Waals surface area contributed by atoms with E-state index < -0.39 is 18.3 Å². The Morgan fingerprint density at radius 2 is 1.68 bits per heavy atom. The number of hydrogen-bond donors (Lipinski definition) is 1. The monoisotopic (exact) mass is 322 g/mol. The average Bonchev–Trinajstić information content (AvgIpc) is 2.86. The van der Waals surface area contributed by atoms with Crippen molar-refractivity contribution in [3.8, 4) is 0 Å². The van der Waals surface area contributed by atoms with Crippen LogP contribution in [0.25, 0.3) is 0 Å². The molecule has 2 aliphatic heterocycles. The van der Waals surface area contributed by atoms with Crippen molar-refractivity contribution in [1.82, 2.24) is 4.72 Å². The van der Waals surface area contributed by atoms with Gasteiger partial charge in [-0.3, -0.25) is 13.8 Å². The number of carbonyl (C=O) groups is 1. The van der Waals surface area contributed by atoms with Crippen molar-refractivity contribution in [2.24, 2.45) is 0 Å². The molecule has 1 aromatic rings. The van der Waals surface area contributed by atoms with Crippen LogP contribution in [0.2, 0.25) is 0 Å². The molecule has 3 rings (SSSR count). The second kappa shape index (κ2) is 5.08. The Balaban J connectivity index is 1.78. The van der Waals surface area contributed by atoms with Crippen LogP contribution >= 0.6 is 0 Å². The van der Waals surface area contributed by atoms with E-state index in [0.717, 1.165) is 11.2 Å². The summed E-state index contributed by atoms with van der Waals surface area (Å²) in [6.07, 6.45) is 0. The molecular weight excluding hydrogens is 303 g/mol. The molecule has 0 aliphatic carbocycles. The number of rotatable bonds is 2. The first-order valence-corrected chi connectivity index (χ1v) is 8.25. The van der Waals surface area contributed by atoms with Crippen LogP contribution in [0.15, 0.2) is 24.3 Å². The molecule has 6 nitrogen and oxygen atoms in total. The van der Waals surface area contributed by atoms with Crippen molar-refractivity contribution in [2.45, 2.75) is 38.9 Å². The molecule has 0 aromatic heterocycles. The largest absolute Gasteiger partial charge is 0.494 e. The fraction of sp³-hybridized carbons (Fsp3) is 0.500. The molecule has 22 heavy (non-hydrogen) atoms. The van der Waals surface area contributed by atoms with Crippen LogP contribution in [0.1, 0.15) is 27.7 Å². The molecule has 2 aliphatic rings. The van der Waals surface area contributed by atoms with Gasteiger partial charge in [0.1, 0.15) is 6.54 Å². The van der Waals surface area contributed by atoms with Crippen LogP contribution in [0.3, 0.4) is 0 Å². The molecule has 2 saturated heterocycles. The Bertz CT molecular complexity index is 616. The molecule has 2 fully saturated rings. The Labute approximate surface area is 133 Å². The summed E-state index contributed by atoms with van der Waals surface area (Å²) in [4.78, 5) is 11.3. The lowest BCUT2D eigenvalue weighted by Gasteiger charge is -2.32. The maximum Gasteiger partial charge on any atom is 0.494 e. The lowest BCUT2D eigenvalue weighted by atomic mass is 9.79. The van der Waals surface area contributed by atoms with Gasteiger partial charge in [-0.1, -0.05) is 12.1 Å². The van der Waals surface area contributed by atoms with Crippen LogP contribution in [0.5, 0.6) is 0 Å². The van der Waals surface area contributed by atoms with Gasteiger partial charge in [-0.2, -0.15) is 0 Å². The van der Waals surface area contributed by atoms with E-state index in [1.54, 1.807) is 0 Å². The van der Waals surface area contributed by atoms with E-state index in [0.29, 0.717) is 0 Å². The van der Waals surface area contributed by atoms with Gasteiger partial charge in [-0.15, -0.1) is 0 Å². The molecule has 1 atom stereocenters. The first kappa shape index (κ1) is 15.5. The van der Waals surface area contributed by atoms with Gasteiger partial charge >= 0.3 is 7.12 Å². The number of benzene rings is 1. The predicted octanol–water partition coefficient (Wildman–Crippen LogP) is 0.501. The summed E-state index contributed by atoms with van der Waals surface area (Å²) in [5.41, 5.74) is 0.843. The Kier molecular flexibility index (Phi) is 3.58. The molecule has 8 heteroatoms. The first-order chi connectivity index (χ1) is 10.2. The topological polar surface area (TPSA) is 67.9 Å². The zero-order valence-electron chi connectivity index (χ0n) is 13.1. The van der Waals surface area contributed by atoms with E-state index in [-0.39, 0.29) is 23.7 Å². The molecule has 1 N–H and O–H groups in total. The summed E-state index contributed by atoms with van der Waals surface area (Å²) in [6, 6.07) is 7.38. The van der Waals surface area contributed by atoms with E-state index >= 15 is 0 Å². The second-order valence-corrected chi connectivity index (χ2v) is 7.63. The normalized spacial score (nSPS) is 26.4. The van der Waals surface area contributed by atoms with Gasteiger partial charge in [-0.05, 0) is 45.3 Å². The van der Waals surface area contributed by atoms with Crippen molar-refractivity contribution in [3.63, 3.8) is 0 Å². The van der Waals surface area contributed by atoms with Crippen molar-refractivity contribution in [3.05, 3.63) is 24.3 Å². The van der Waals surface area contributed by atoms with Gasteiger partial charge < -0.3 is 9.31 Å². The fourth-order valence-electron chi connectivity index (χ4n) is 2.34. The third kappa shape index (κ3) is 2.55. The van der Waals surface area contributed by atoms with Crippen LogP contribution in [-0.2, 0) is 25.3 Å². The molecule has 2 heterocycles. The van der Waals surface area contributed by atoms with Crippen molar-refractivity contribution in [1.29, 1.82) is 0 Å². The molecule has 0 bridgehead atoms. The number of nitrogens with zero attached hydrogens (tertiary/aromatic N) is 1. The molecular formula is C14H19BN2O4S. The minimum Gasteiger partial charge on any atom is -0.399 e. The number of nitrogens with one attached hydrogen (secondary N) is 1. The lowest BCUT2D eigenvalue weighted by Crippen LogP contribution is -2.41. The molecule has 118 valence electrons. The summed E-state index contributed by atoms with van der Waals surface area (Å²) < 4.78 is 27.6. The maximum atomic E-state index is 11.8. The maximum absolute atomic E-state index is 11.8. The summed E-state index contributed by atoms with van der Waals surface area (Å²) in [7, 11) is -0.428. The SMILES string of the molecule is CC1(C)OB(c2ccc(N3CC(=O)NS3=O)cc2)OC1(C)C. The molecule has 1 unspecified atom stereocenters. The van der Waals surface area contributed by atoms with Gasteiger partial charge in [0.2, 0.25) is 11.2 Å². The highest BCUT2D eigenvalue weighted by Crippen LogP contribution is 2.36. The third-order valence-corrected chi connectivity index (χ3v) is 5.54. The minimum atomic E-state index is -1.50. The first-order valence-electron chi connectivity index (χ1n) is 7.14. The number of hydrogen-bond acceptors (Lipinski definition) is 4. The molecule has 1 aromatic carbocycles. The Morgan fingerprint density at radius 3 is 2.14 bits per heavy atom. The second-order valence-electron chi connectivity index (χ2n) is 6.49. The number of carbonyl (C=O) groups excluding carboxylic acids is 1. The third-order valence-electron chi connectivity index (χ3n) is 4.40. The molecule has 0 spiro atoms. The summed E-state index contributed by atoms with van der Waals surface area (Å²) in [5.74, 6) is -0.242. The lowest BCUT2D eigenvalue weighted by molar-refractivity contribution is -0.117. The Hall–Kier alpha value is -1.38. The van der Waals surface area contributed by atoms with Gasteiger partial charge in [0.05, 0.1) is 16.9 Å². The molecule has 0 saturated carbocycles. The van der Waals surface area contributed by atoms with Gasteiger partial charge in [-0.25, -0.2) is 4.21 Å². The van der Waals surface area contributed by atoms with Crippen molar-refractivity contribution < 1.29 is 18.3 Å². The molecule has 0 radical (unpaired) electrons. The zero-order chi connectivity index (χ0) is 16.1.